The Morgan fingerprint density at radius 2 is 2.00 bits per heavy atom. The van der Waals surface area contributed by atoms with Crippen molar-refractivity contribution in [3.63, 3.8) is 0 Å². The number of nitrogen functional groups attached to an aromatic ring is 1. The van der Waals surface area contributed by atoms with Gasteiger partial charge in [0, 0.05) is 0 Å². The van der Waals surface area contributed by atoms with Crippen LogP contribution in [0, 0.1) is 5.82 Å². The monoisotopic (exact) mass is 207 g/mol. The molecule has 4 N–H and O–H groups in total. The third-order valence-corrected chi connectivity index (χ3v) is 1.38. The van der Waals surface area contributed by atoms with E-state index in [-0.39, 0.29) is 18.1 Å². The van der Waals surface area contributed by atoms with E-state index >= 15 is 0 Å². The van der Waals surface area contributed by atoms with Crippen LogP contribution in [0.25, 0.3) is 0 Å². The number of carboxylic acid groups (broad SMARTS) is 1. The number of aromatic hydroxyl groups is 1. The summed E-state index contributed by atoms with van der Waals surface area (Å²) in [6.45, 7) is 0. The van der Waals surface area contributed by atoms with E-state index in [1.54, 1.807) is 0 Å². The van der Waals surface area contributed by atoms with Crippen LogP contribution in [0.1, 0.15) is 10.4 Å². The predicted molar refractivity (Wildman–Crippen MR) is 46.7 cm³/mol. The third kappa shape index (κ3) is 2.00. The maximum absolute atomic E-state index is 12.7. The van der Waals surface area contributed by atoms with Gasteiger partial charge in [-0.2, -0.15) is 0 Å². The number of aromatic carboxylic acids is 1. The zero-order chi connectivity index (χ0) is 9.30. The molecule has 1 rings (SSSR count). The van der Waals surface area contributed by atoms with Gasteiger partial charge in [-0.3, -0.25) is 0 Å². The highest BCUT2D eigenvalue weighted by molar-refractivity contribution is 5.91. The van der Waals surface area contributed by atoms with Crippen molar-refractivity contribution in [1.29, 1.82) is 0 Å². The number of carbonyl (C=O) groups is 1. The number of phenols is 1. The van der Waals surface area contributed by atoms with E-state index in [4.69, 9.17) is 15.9 Å². The van der Waals surface area contributed by atoms with Gasteiger partial charge in [-0.25, -0.2) is 9.18 Å². The molecule has 13 heavy (non-hydrogen) atoms. The highest BCUT2D eigenvalue weighted by atomic mass is 35.5. The lowest BCUT2D eigenvalue weighted by molar-refractivity contribution is 0.0693. The van der Waals surface area contributed by atoms with E-state index in [1.165, 1.54) is 0 Å². The second-order valence-corrected chi connectivity index (χ2v) is 2.17. The lowest BCUT2D eigenvalue weighted by Gasteiger charge is -2.01. The molecule has 6 heteroatoms. The van der Waals surface area contributed by atoms with E-state index in [1.807, 2.05) is 0 Å². The fourth-order valence-electron chi connectivity index (χ4n) is 0.753. The molecule has 0 saturated heterocycles. The van der Waals surface area contributed by atoms with Crippen molar-refractivity contribution in [1.82, 2.24) is 0 Å². The van der Waals surface area contributed by atoms with Crippen LogP contribution in [0.4, 0.5) is 10.1 Å². The summed E-state index contributed by atoms with van der Waals surface area (Å²) in [5, 5.41) is 17.3. The van der Waals surface area contributed by atoms with Crippen LogP contribution in [0.2, 0.25) is 0 Å². The van der Waals surface area contributed by atoms with Crippen molar-refractivity contribution in [2.75, 3.05) is 5.73 Å². The van der Waals surface area contributed by atoms with Gasteiger partial charge in [0.15, 0.2) is 11.6 Å². The standard InChI is InChI=1S/C7H6FNO3.ClH/c8-5-4(9)2-1-3(6(5)10)7(11)12;/h1-2,10H,9H2,(H,11,12);1H. The molecule has 0 bridgehead atoms. The quantitative estimate of drug-likeness (QED) is 0.605. The number of hydrogen-bond donors (Lipinski definition) is 3. The minimum Gasteiger partial charge on any atom is -0.504 e. The molecule has 72 valence electrons. The molecule has 0 aliphatic heterocycles. The lowest BCUT2D eigenvalue weighted by atomic mass is 10.2. The Kier molecular flexibility index (Phi) is 3.50. The van der Waals surface area contributed by atoms with Gasteiger partial charge >= 0.3 is 5.97 Å². The van der Waals surface area contributed by atoms with Gasteiger partial charge in [-0.05, 0) is 12.1 Å². The minimum atomic E-state index is -1.40. The van der Waals surface area contributed by atoms with Crippen LogP contribution in [-0.2, 0) is 0 Å². The normalized spacial score (nSPS) is 9.00. The first-order chi connectivity index (χ1) is 5.54. The predicted octanol–water partition coefficient (Wildman–Crippen LogP) is 1.23. The molecule has 0 heterocycles. The van der Waals surface area contributed by atoms with Crippen molar-refractivity contribution >= 4 is 24.1 Å². The first kappa shape index (κ1) is 11.5. The Bertz CT molecular complexity index is 343. The summed E-state index contributed by atoms with van der Waals surface area (Å²) in [6.07, 6.45) is 0. The first-order valence-corrected chi connectivity index (χ1v) is 3.04. The molecule has 0 spiro atoms. The molecule has 0 atom stereocenters. The Labute approximate surface area is 79.2 Å². The van der Waals surface area contributed by atoms with E-state index in [0.717, 1.165) is 12.1 Å². The largest absolute Gasteiger partial charge is 0.504 e. The van der Waals surface area contributed by atoms with Gasteiger partial charge in [0.1, 0.15) is 5.56 Å². The van der Waals surface area contributed by atoms with Gasteiger partial charge < -0.3 is 15.9 Å². The average Bonchev–Trinajstić information content (AvgIpc) is 2.00. The second kappa shape index (κ2) is 3.95. The molecule has 0 radical (unpaired) electrons. The third-order valence-electron chi connectivity index (χ3n) is 1.38. The molecular weight excluding hydrogens is 201 g/mol. The topological polar surface area (TPSA) is 83.6 Å². The van der Waals surface area contributed by atoms with Crippen molar-refractivity contribution in [3.05, 3.63) is 23.5 Å². The van der Waals surface area contributed by atoms with Crippen molar-refractivity contribution < 1.29 is 19.4 Å². The number of benzene rings is 1. The molecule has 1 aromatic carbocycles. The minimum absolute atomic E-state index is 0. The summed E-state index contributed by atoms with van der Waals surface area (Å²) < 4.78 is 12.7. The maximum Gasteiger partial charge on any atom is 0.339 e. The molecule has 0 aliphatic carbocycles. The summed E-state index contributed by atoms with van der Waals surface area (Å²) >= 11 is 0. The summed E-state index contributed by atoms with van der Waals surface area (Å²) in [4.78, 5) is 10.3. The highest BCUT2D eigenvalue weighted by Crippen LogP contribution is 2.25. The lowest BCUT2D eigenvalue weighted by Crippen LogP contribution is -2.00. The van der Waals surface area contributed by atoms with Crippen molar-refractivity contribution in [3.8, 4) is 5.75 Å². The second-order valence-electron chi connectivity index (χ2n) is 2.17. The summed E-state index contributed by atoms with van der Waals surface area (Å²) in [5.41, 5.74) is 4.28. The van der Waals surface area contributed by atoms with E-state index < -0.39 is 23.1 Å². The summed E-state index contributed by atoms with van der Waals surface area (Å²) in [7, 11) is 0. The van der Waals surface area contributed by atoms with Crippen LogP contribution < -0.4 is 5.73 Å². The number of rotatable bonds is 1. The Hall–Kier alpha value is -1.49. The van der Waals surface area contributed by atoms with Crippen LogP contribution in [0.3, 0.4) is 0 Å². The van der Waals surface area contributed by atoms with Crippen molar-refractivity contribution in [2.45, 2.75) is 0 Å². The smallest absolute Gasteiger partial charge is 0.339 e. The zero-order valence-electron chi connectivity index (χ0n) is 6.32. The van der Waals surface area contributed by atoms with Crippen LogP contribution in [0.5, 0.6) is 5.75 Å². The molecule has 1 aromatic rings. The fourth-order valence-corrected chi connectivity index (χ4v) is 0.753. The molecule has 0 saturated carbocycles. The molecule has 0 aromatic heterocycles. The van der Waals surface area contributed by atoms with E-state index in [0.29, 0.717) is 0 Å². The average molecular weight is 208 g/mol. The number of carboxylic acids is 1. The molecular formula is C7H7ClFNO3. The first-order valence-electron chi connectivity index (χ1n) is 3.04. The number of nitrogens with two attached hydrogens (primary N) is 1. The summed E-state index contributed by atoms with van der Waals surface area (Å²) in [6, 6.07) is 2.12. The van der Waals surface area contributed by atoms with Gasteiger partial charge in [0.25, 0.3) is 0 Å². The Balaban J connectivity index is 0.00000144. The Morgan fingerprint density at radius 3 is 2.46 bits per heavy atom. The van der Waals surface area contributed by atoms with E-state index in [2.05, 4.69) is 0 Å². The SMILES string of the molecule is Cl.Nc1ccc(C(=O)O)c(O)c1F. The maximum atomic E-state index is 12.7. The summed E-state index contributed by atoms with van der Waals surface area (Å²) in [5.74, 6) is -3.43. The highest BCUT2D eigenvalue weighted by Gasteiger charge is 2.15. The Morgan fingerprint density at radius 1 is 1.46 bits per heavy atom. The van der Waals surface area contributed by atoms with Gasteiger partial charge in [0.05, 0.1) is 5.69 Å². The van der Waals surface area contributed by atoms with Gasteiger partial charge in [0.2, 0.25) is 0 Å². The van der Waals surface area contributed by atoms with Crippen LogP contribution in [-0.4, -0.2) is 16.2 Å². The number of hydrogen-bond acceptors (Lipinski definition) is 3. The van der Waals surface area contributed by atoms with Crippen LogP contribution in [0.15, 0.2) is 12.1 Å². The van der Waals surface area contributed by atoms with E-state index in [9.17, 15) is 9.18 Å². The van der Waals surface area contributed by atoms with Gasteiger partial charge in [-0.15, -0.1) is 12.4 Å². The van der Waals surface area contributed by atoms with Crippen LogP contribution >= 0.6 is 12.4 Å². The van der Waals surface area contributed by atoms with Crippen molar-refractivity contribution in [2.24, 2.45) is 0 Å². The molecule has 0 unspecified atom stereocenters. The fraction of sp³-hybridized carbons (Fsp3) is 0. The molecule has 0 fully saturated rings. The molecule has 4 nitrogen and oxygen atoms in total. The zero-order valence-corrected chi connectivity index (χ0v) is 7.14. The number of anilines is 1. The number of halogens is 2. The van der Waals surface area contributed by atoms with Gasteiger partial charge in [-0.1, -0.05) is 0 Å². The molecule has 0 amide bonds. The molecule has 0 aliphatic rings.